The first-order valence-corrected chi connectivity index (χ1v) is 8.91. The van der Waals surface area contributed by atoms with Gasteiger partial charge in [-0.2, -0.15) is 0 Å². The smallest absolute Gasteiger partial charge is 0.273 e. The lowest BCUT2D eigenvalue weighted by Gasteiger charge is -2.40. The molecule has 2 amide bonds. The minimum Gasteiger partial charge on any atom is -0.273 e. The number of imide groups is 1. The first kappa shape index (κ1) is 18.0. The summed E-state index contributed by atoms with van der Waals surface area (Å²) in [7, 11) is -10.2. The molecule has 0 spiro atoms. The van der Waals surface area contributed by atoms with E-state index in [0.29, 0.717) is 11.0 Å². The number of nitro groups is 1. The van der Waals surface area contributed by atoms with E-state index in [1.165, 1.54) is 24.3 Å². The molecule has 12 heteroatoms. The Morgan fingerprint density at radius 1 is 0.962 bits per heavy atom. The second-order valence-corrected chi connectivity index (χ2v) is 8.12. The van der Waals surface area contributed by atoms with Crippen LogP contribution in [-0.2, 0) is 9.59 Å². The van der Waals surface area contributed by atoms with Crippen molar-refractivity contribution < 1.29 is 33.9 Å². The molecule has 140 valence electrons. The molecule has 2 aliphatic rings. The van der Waals surface area contributed by atoms with Crippen molar-refractivity contribution in [3.8, 4) is 0 Å². The minimum atomic E-state index is -10.2. The van der Waals surface area contributed by atoms with Crippen LogP contribution in [0.5, 0.6) is 0 Å². The molecule has 26 heavy (non-hydrogen) atoms. The summed E-state index contributed by atoms with van der Waals surface area (Å²) in [6, 6.07) is -0.0882. The van der Waals surface area contributed by atoms with Crippen molar-refractivity contribution in [3.63, 3.8) is 0 Å². The standard InChI is InChI=1S/C14H9F5N2O4S/c15-26(16,17,18,19)8-5-6-11(12(7-8)21(24)25)20-13(22)9-3-1-2-4-10(9)14(20)23/h1-7,9-10H. The van der Waals surface area contributed by atoms with Crippen LogP contribution in [0.1, 0.15) is 0 Å². The third kappa shape index (κ3) is 2.85. The van der Waals surface area contributed by atoms with Crippen molar-refractivity contribution in [2.45, 2.75) is 4.90 Å². The summed E-state index contributed by atoms with van der Waals surface area (Å²) in [5.41, 5.74) is -2.20. The van der Waals surface area contributed by atoms with E-state index in [4.69, 9.17) is 0 Å². The largest absolute Gasteiger partial charge is 0.310 e. The average molecular weight is 396 g/mol. The number of hydrogen-bond donors (Lipinski definition) is 0. The van der Waals surface area contributed by atoms with Crippen molar-refractivity contribution >= 4 is 33.4 Å². The molecule has 1 aliphatic heterocycles. The Labute approximate surface area is 142 Å². The van der Waals surface area contributed by atoms with Crippen LogP contribution in [0.4, 0.5) is 30.8 Å². The molecule has 0 bridgehead atoms. The van der Waals surface area contributed by atoms with Crippen LogP contribution >= 0.6 is 10.2 Å². The van der Waals surface area contributed by atoms with Crippen LogP contribution in [0.3, 0.4) is 0 Å². The Kier molecular flexibility index (Phi) is 3.26. The van der Waals surface area contributed by atoms with E-state index in [0.717, 1.165) is 0 Å². The summed E-state index contributed by atoms with van der Waals surface area (Å²) < 4.78 is 64.5. The highest BCUT2D eigenvalue weighted by atomic mass is 32.5. The van der Waals surface area contributed by atoms with Crippen LogP contribution in [0.2, 0.25) is 0 Å². The fourth-order valence-electron chi connectivity index (χ4n) is 2.80. The molecule has 2 atom stereocenters. The average Bonchev–Trinajstić information content (AvgIpc) is 2.76. The van der Waals surface area contributed by atoms with Crippen molar-refractivity contribution in [3.05, 3.63) is 52.6 Å². The van der Waals surface area contributed by atoms with Crippen LogP contribution in [0, 0.1) is 22.0 Å². The van der Waals surface area contributed by atoms with Gasteiger partial charge in [0, 0.05) is 6.07 Å². The number of rotatable bonds is 3. The predicted molar refractivity (Wildman–Crippen MR) is 82.2 cm³/mol. The number of hydrogen-bond acceptors (Lipinski definition) is 4. The minimum absolute atomic E-state index is 0.0713. The molecule has 1 aromatic rings. The van der Waals surface area contributed by atoms with Crippen molar-refractivity contribution in [1.29, 1.82) is 0 Å². The second kappa shape index (κ2) is 4.69. The zero-order valence-electron chi connectivity index (χ0n) is 12.5. The SMILES string of the molecule is O=C1C2C=CC=CC2C(=O)N1c1ccc(S(F)(F)(F)(F)F)cc1[N+](=O)[O-]. The number of allylic oxidation sites excluding steroid dienone is 2. The van der Waals surface area contributed by atoms with E-state index in [9.17, 15) is 39.1 Å². The molecular formula is C14H9F5N2O4S. The Morgan fingerprint density at radius 2 is 1.46 bits per heavy atom. The topological polar surface area (TPSA) is 80.5 Å². The fourth-order valence-corrected chi connectivity index (χ4v) is 3.46. The zero-order valence-corrected chi connectivity index (χ0v) is 13.3. The summed E-state index contributed by atoms with van der Waals surface area (Å²) in [5, 5.41) is 11.1. The van der Waals surface area contributed by atoms with Crippen molar-refractivity contribution in [2.24, 2.45) is 11.8 Å². The van der Waals surface area contributed by atoms with Gasteiger partial charge in [-0.15, -0.1) is 0 Å². The van der Waals surface area contributed by atoms with Gasteiger partial charge < -0.3 is 0 Å². The van der Waals surface area contributed by atoms with Gasteiger partial charge in [0.15, 0.2) is 0 Å². The number of nitrogens with zero attached hydrogens (tertiary/aromatic N) is 2. The molecule has 6 nitrogen and oxygen atoms in total. The zero-order chi connectivity index (χ0) is 19.6. The van der Waals surface area contributed by atoms with Crippen LogP contribution in [-0.4, -0.2) is 16.7 Å². The number of carbonyl (C=O) groups is 2. The first-order valence-electron chi connectivity index (χ1n) is 6.96. The lowest BCUT2D eigenvalue weighted by Crippen LogP contribution is -2.31. The maximum atomic E-state index is 12.9. The summed E-state index contributed by atoms with van der Waals surface area (Å²) in [6.45, 7) is 0. The number of fused-ring (bicyclic) bond motifs is 1. The number of halogens is 5. The Bertz CT molecular complexity index is 896. The van der Waals surface area contributed by atoms with E-state index in [-0.39, 0.29) is 12.1 Å². The Morgan fingerprint density at radius 3 is 1.88 bits per heavy atom. The molecule has 0 radical (unpaired) electrons. The van der Waals surface area contributed by atoms with Gasteiger partial charge in [-0.25, -0.2) is 4.90 Å². The van der Waals surface area contributed by atoms with Crippen LogP contribution in [0.15, 0.2) is 47.4 Å². The van der Waals surface area contributed by atoms with Gasteiger partial charge in [0.1, 0.15) is 10.6 Å². The second-order valence-electron chi connectivity index (χ2n) is 5.71. The highest BCUT2D eigenvalue weighted by molar-refractivity contribution is 8.45. The number of anilines is 1. The molecule has 0 aromatic heterocycles. The third-order valence-electron chi connectivity index (χ3n) is 3.98. The normalized spacial score (nSPS) is 25.0. The predicted octanol–water partition coefficient (Wildman–Crippen LogP) is 4.48. The number of amides is 2. The van der Waals surface area contributed by atoms with Gasteiger partial charge in [0.25, 0.3) is 5.69 Å². The van der Waals surface area contributed by atoms with Crippen molar-refractivity contribution in [1.82, 2.24) is 0 Å². The molecule has 1 saturated heterocycles. The van der Waals surface area contributed by atoms with Gasteiger partial charge >= 0.3 is 10.2 Å². The fraction of sp³-hybridized carbons (Fsp3) is 0.143. The lowest BCUT2D eigenvalue weighted by molar-refractivity contribution is -0.384. The van der Waals surface area contributed by atoms with E-state index < -0.39 is 55.1 Å². The monoisotopic (exact) mass is 396 g/mol. The molecule has 0 N–H and O–H groups in total. The number of carbonyl (C=O) groups excluding carboxylic acids is 2. The lowest BCUT2D eigenvalue weighted by atomic mass is 9.91. The van der Waals surface area contributed by atoms with E-state index in [1.807, 2.05) is 0 Å². The Balaban J connectivity index is 2.16. The molecule has 1 aromatic carbocycles. The number of benzene rings is 1. The summed E-state index contributed by atoms with van der Waals surface area (Å²) >= 11 is 0. The van der Waals surface area contributed by atoms with Gasteiger partial charge in [0.2, 0.25) is 11.8 Å². The number of nitro benzene ring substituents is 1. The van der Waals surface area contributed by atoms with Gasteiger partial charge in [-0.1, -0.05) is 43.7 Å². The van der Waals surface area contributed by atoms with Crippen LogP contribution < -0.4 is 4.90 Å². The van der Waals surface area contributed by atoms with E-state index in [2.05, 4.69) is 0 Å². The molecule has 3 rings (SSSR count). The Hall–Kier alpha value is -2.76. The highest BCUT2D eigenvalue weighted by Gasteiger charge is 2.66. The molecule has 1 heterocycles. The summed E-state index contributed by atoms with van der Waals surface area (Å²) in [4.78, 5) is 32.4. The maximum Gasteiger partial charge on any atom is 0.310 e. The molecule has 0 saturated carbocycles. The van der Waals surface area contributed by atoms with E-state index in [1.54, 1.807) is 0 Å². The molecule has 1 aliphatic carbocycles. The quantitative estimate of drug-likeness (QED) is 0.326. The van der Waals surface area contributed by atoms with Crippen molar-refractivity contribution in [2.75, 3.05) is 4.90 Å². The van der Waals surface area contributed by atoms with Gasteiger partial charge in [-0.05, 0) is 12.1 Å². The maximum absolute atomic E-state index is 12.9. The summed E-state index contributed by atoms with van der Waals surface area (Å²) in [5.74, 6) is -3.68. The highest BCUT2D eigenvalue weighted by Crippen LogP contribution is 3.02. The molecule has 2 unspecified atom stereocenters. The third-order valence-corrected chi connectivity index (χ3v) is 5.12. The molecular weight excluding hydrogens is 387 g/mol. The summed E-state index contributed by atoms with van der Waals surface area (Å²) in [6.07, 6.45) is 5.70. The van der Waals surface area contributed by atoms with E-state index >= 15 is 0 Å². The van der Waals surface area contributed by atoms with Crippen LogP contribution in [0.25, 0.3) is 0 Å². The van der Waals surface area contributed by atoms with Gasteiger partial charge in [-0.3, -0.25) is 19.7 Å². The first-order chi connectivity index (χ1) is 11.7. The molecule has 1 fully saturated rings. The van der Waals surface area contributed by atoms with Gasteiger partial charge in [0.05, 0.1) is 16.8 Å².